The van der Waals surface area contributed by atoms with Crippen LogP contribution in [0.15, 0.2) is 29.4 Å². The second-order valence-corrected chi connectivity index (χ2v) is 61.2. The van der Waals surface area contributed by atoms with E-state index in [0.717, 1.165) is 5.56 Å². The van der Waals surface area contributed by atoms with E-state index in [4.69, 9.17) is 75.1 Å². The predicted molar refractivity (Wildman–Crippen MR) is 102 cm³/mol. The number of hydrogen-bond donors (Lipinski definition) is 2. The second-order valence-electron chi connectivity index (χ2n) is 3.84. The van der Waals surface area contributed by atoms with Crippen molar-refractivity contribution in [2.24, 2.45) is 10.9 Å². The third kappa shape index (κ3) is 17.4. The Morgan fingerprint density at radius 2 is 1.50 bits per heavy atom. The second kappa shape index (κ2) is 7.93. The summed E-state index contributed by atoms with van der Waals surface area (Å²) in [5, 5.41) is 4.40. The molecule has 12 heteroatoms. The first kappa shape index (κ1) is 23.0. The number of rotatable bonds is 2. The van der Waals surface area contributed by atoms with Crippen molar-refractivity contribution in [1.82, 2.24) is 0 Å². The molecule has 0 aliphatic carbocycles. The van der Waals surface area contributed by atoms with Crippen molar-refractivity contribution in [2.75, 3.05) is 7.05 Å². The summed E-state index contributed by atoms with van der Waals surface area (Å²) in [7, 11) is 26.7. The number of halogens is 7. The molecule has 0 fully saturated rings. The van der Waals surface area contributed by atoms with Gasteiger partial charge in [0.1, 0.15) is 7.05 Å². The molecule has 0 amide bonds. The van der Waals surface area contributed by atoms with E-state index in [0.29, 0.717) is 16.8 Å². The van der Waals surface area contributed by atoms with Crippen molar-refractivity contribution in [3.63, 3.8) is 0 Å². The molecule has 0 spiro atoms. The Bertz CT molecular complexity index is 554. The quantitative estimate of drug-likeness (QED) is 0.250. The van der Waals surface area contributed by atoms with E-state index in [2.05, 4.69) is 10.1 Å². The summed E-state index contributed by atoms with van der Waals surface area (Å²) >= 11 is 5.74. The zero-order valence-corrected chi connectivity index (χ0v) is 19.2. The van der Waals surface area contributed by atoms with Crippen molar-refractivity contribution in [3.05, 3.63) is 34.9 Å². The molecule has 1 aromatic carbocycles. The van der Waals surface area contributed by atoms with Crippen molar-refractivity contribution in [2.45, 2.75) is 6.92 Å². The zero-order chi connectivity index (χ0) is 17.7. The minimum atomic E-state index is -5.42. The van der Waals surface area contributed by atoms with Gasteiger partial charge >= 0.3 is 68.0 Å². The molecule has 1 aromatic rings. The average molecular weight is 561 g/mol. The van der Waals surface area contributed by atoms with E-state index in [1.807, 2.05) is 0 Å². The molecule has 0 aliphatic heterocycles. The first-order valence-corrected chi connectivity index (χ1v) is 25.2. The average Bonchev–Trinajstić information content (AvgIpc) is 2.32. The summed E-state index contributed by atoms with van der Waals surface area (Å²) in [6, 6.07) is 7.04. The molecule has 22 heavy (non-hydrogen) atoms. The minimum absolute atomic E-state index is 0.307. The van der Waals surface area contributed by atoms with Crippen LogP contribution in [-0.2, 0) is 4.84 Å². The van der Waals surface area contributed by atoms with Crippen LogP contribution < -0.4 is 10.7 Å². The molecule has 3 N–H and O–H groups in total. The molecule has 4 nitrogen and oxygen atoms in total. The van der Waals surface area contributed by atoms with Gasteiger partial charge in [0.15, 0.2) is 5.84 Å². The van der Waals surface area contributed by atoms with Crippen LogP contribution in [0.2, 0.25) is 5.02 Å². The molecule has 128 valence electrons. The van der Waals surface area contributed by atoms with Crippen molar-refractivity contribution in [1.29, 1.82) is 0 Å². The molecular weight excluding hydrogens is 548 g/mol. The Labute approximate surface area is 153 Å². The standard InChI is InChI=1S/C10H12ClN3O.6ClH.Sb/c1-7(13-2)15-14-10(12)8-3-5-9(11)6-4-8;;;;;;;/h3-6H,1-2H3,(H2,12,14);6*1H;/q;;;;;;;+5/p-5. The molecule has 0 heterocycles. The van der Waals surface area contributed by atoms with Gasteiger partial charge in [-0.2, -0.15) is 0 Å². The Balaban J connectivity index is 0.000000534. The van der Waals surface area contributed by atoms with Crippen LogP contribution in [0.5, 0.6) is 0 Å². The van der Waals surface area contributed by atoms with Crippen LogP contribution in [0, 0.1) is 0 Å². The fourth-order valence-corrected chi connectivity index (χ4v) is 0.963. The van der Waals surface area contributed by atoms with Crippen LogP contribution in [0.25, 0.3) is 0 Å². The van der Waals surface area contributed by atoms with Gasteiger partial charge in [-0.3, -0.25) is 4.84 Å². The normalized spacial score (nSPS) is 16.0. The molecule has 0 saturated heterocycles. The first-order chi connectivity index (χ1) is 9.58. The SMILES string of the molecule is C[NH+]=C(C)O/N=C(\N)c1ccc(Cl)cc1.[Cl][Sb-]([Cl])([Cl])([Cl])([Cl])[Cl]. The monoisotopic (exact) mass is 557 g/mol. The first-order valence-electron chi connectivity index (χ1n) is 5.42. The fraction of sp³-hybridized carbons (Fsp3) is 0.200. The van der Waals surface area contributed by atoms with Gasteiger partial charge in [0, 0.05) is 10.6 Å². The predicted octanol–water partition coefficient (Wildman–Crippen LogP) is 3.86. The van der Waals surface area contributed by atoms with Gasteiger partial charge in [0.2, 0.25) is 0 Å². The number of nitrogens with one attached hydrogen (secondary N) is 1. The number of nitrogens with two attached hydrogens (primary N) is 1. The Hall–Kier alpha value is 1.01. The van der Waals surface area contributed by atoms with E-state index in [1.54, 1.807) is 38.2 Å². The Kier molecular flexibility index (Phi) is 8.29. The van der Waals surface area contributed by atoms with Gasteiger partial charge in [-0.05, 0) is 24.3 Å². The van der Waals surface area contributed by atoms with Crippen molar-refractivity contribution in [3.8, 4) is 0 Å². The van der Waals surface area contributed by atoms with Crippen molar-refractivity contribution < 1.29 is 9.83 Å². The number of nitrogens with zero attached hydrogens (tertiary/aromatic N) is 1. The van der Waals surface area contributed by atoms with Crippen molar-refractivity contribution >= 4 is 85.4 Å². The Morgan fingerprint density at radius 1 is 1.09 bits per heavy atom. The molecule has 0 saturated carbocycles. The molecule has 0 unspecified atom stereocenters. The molecule has 1 rings (SSSR count). The number of hydrogen-bond acceptors (Lipinski definition) is 2. The molecule has 0 aliphatic rings. The van der Waals surface area contributed by atoms with Crippen LogP contribution >= 0.6 is 64.6 Å². The van der Waals surface area contributed by atoms with E-state index < -0.39 is 9.14 Å². The summed E-state index contributed by atoms with van der Waals surface area (Å²) in [6.07, 6.45) is 0. The van der Waals surface area contributed by atoms with Gasteiger partial charge in [-0.25, -0.2) is 4.99 Å². The van der Waals surface area contributed by atoms with E-state index in [9.17, 15) is 0 Å². The van der Waals surface area contributed by atoms with Gasteiger partial charge in [-0.1, -0.05) is 16.8 Å². The van der Waals surface area contributed by atoms with E-state index >= 15 is 0 Å². The van der Waals surface area contributed by atoms with Gasteiger partial charge in [0.25, 0.3) is 0 Å². The topological polar surface area (TPSA) is 61.6 Å². The summed E-state index contributed by atoms with van der Waals surface area (Å²) in [5.74, 6) is 0.883. The summed E-state index contributed by atoms with van der Waals surface area (Å²) in [5.41, 5.74) is 6.46. The molecular formula is C10H13Cl7N3OSb. The van der Waals surface area contributed by atoms with Crippen LogP contribution in [-0.4, -0.2) is 27.9 Å². The summed E-state index contributed by atoms with van der Waals surface area (Å²) < 4.78 is 0. The maximum absolute atomic E-state index is 5.74. The number of amidine groups is 1. The summed E-state index contributed by atoms with van der Waals surface area (Å²) in [6.45, 7) is 1.75. The van der Waals surface area contributed by atoms with E-state index in [-0.39, 0.29) is 0 Å². The van der Waals surface area contributed by atoms with Crippen LogP contribution in [0.4, 0.5) is 0 Å². The Morgan fingerprint density at radius 3 is 1.86 bits per heavy atom. The zero-order valence-electron chi connectivity index (χ0n) is 11.3. The summed E-state index contributed by atoms with van der Waals surface area (Å²) in [4.78, 5) is 7.76. The molecule has 0 aromatic heterocycles. The van der Waals surface area contributed by atoms with Gasteiger partial charge < -0.3 is 5.73 Å². The molecule has 0 bridgehead atoms. The maximum atomic E-state index is 5.74. The van der Waals surface area contributed by atoms with Crippen LogP contribution in [0.1, 0.15) is 12.5 Å². The van der Waals surface area contributed by atoms with Gasteiger partial charge in [-0.15, -0.1) is 0 Å². The molecule has 0 atom stereocenters. The van der Waals surface area contributed by atoms with Gasteiger partial charge in [0.05, 0.1) is 6.92 Å². The third-order valence-electron chi connectivity index (χ3n) is 1.77. The van der Waals surface area contributed by atoms with Crippen LogP contribution in [0.3, 0.4) is 0 Å². The number of benzene rings is 1. The molecule has 0 radical (unpaired) electrons. The number of oxime groups is 1. The van der Waals surface area contributed by atoms with E-state index in [1.165, 1.54) is 0 Å². The third-order valence-corrected chi connectivity index (χ3v) is 2.02. The fourth-order valence-electron chi connectivity index (χ4n) is 0.837.